The Morgan fingerprint density at radius 1 is 0.411 bits per heavy atom. The molecule has 0 aliphatic carbocycles. The van der Waals surface area contributed by atoms with Gasteiger partial charge >= 0.3 is 0 Å². The third-order valence-electron chi connectivity index (χ3n) is 11.6. The molecule has 0 radical (unpaired) electrons. The average Bonchev–Trinajstić information content (AvgIpc) is 3.20. The van der Waals surface area contributed by atoms with Crippen molar-refractivity contribution in [3.63, 3.8) is 0 Å². The highest BCUT2D eigenvalue weighted by atomic mass is 16.3. The zero-order valence-electron chi connectivity index (χ0n) is 37.9. The van der Waals surface area contributed by atoms with Gasteiger partial charge < -0.3 is 15.5 Å². The second-order valence-electron chi connectivity index (χ2n) is 17.2. The molecule has 0 aromatic heterocycles. The zero-order chi connectivity index (χ0) is 40.7. The third kappa shape index (κ3) is 43.7. The van der Waals surface area contributed by atoms with Gasteiger partial charge in [0.05, 0.1) is 18.8 Å². The number of unbranched alkanes of at least 4 members (excludes halogenated alkanes) is 35. The van der Waals surface area contributed by atoms with Crippen LogP contribution >= 0.6 is 0 Å². The molecule has 2 atom stereocenters. The first-order chi connectivity index (χ1) is 27.7. The second kappa shape index (κ2) is 48.0. The summed E-state index contributed by atoms with van der Waals surface area (Å²) in [5.41, 5.74) is 0. The number of hydrogen-bond donors (Lipinski definition) is 3. The van der Waals surface area contributed by atoms with Crippen LogP contribution in [0.1, 0.15) is 271 Å². The van der Waals surface area contributed by atoms with Gasteiger partial charge in [-0.05, 0) is 57.8 Å². The van der Waals surface area contributed by atoms with Gasteiger partial charge in [-0.25, -0.2) is 0 Å². The zero-order valence-corrected chi connectivity index (χ0v) is 37.9. The topological polar surface area (TPSA) is 69.6 Å². The van der Waals surface area contributed by atoms with Crippen LogP contribution in [0.4, 0.5) is 0 Å². The predicted octanol–water partition coefficient (Wildman–Crippen LogP) is 16.1. The standard InChI is InChI=1S/C52H99NO3/c1-3-5-7-9-11-13-15-17-19-20-21-22-23-24-25-26-27-28-29-30-31-32-33-34-36-38-40-42-44-46-48-52(56)53-50(49-54)51(55)47-45-43-41-39-37-35-18-16-14-12-10-8-6-4-2/h24-25,37,39,45,47,50-51,54-55H,3-23,26-36,38,40-44,46,48-49H2,1-2H3,(H,53,56)/b25-24-,39-37+,47-45+. The smallest absolute Gasteiger partial charge is 0.220 e. The van der Waals surface area contributed by atoms with E-state index in [1.165, 1.54) is 218 Å². The highest BCUT2D eigenvalue weighted by molar-refractivity contribution is 5.76. The first kappa shape index (κ1) is 54.6. The molecule has 330 valence electrons. The predicted molar refractivity (Wildman–Crippen MR) is 248 cm³/mol. The number of carbonyl (C=O) groups excluding carboxylic acids is 1. The lowest BCUT2D eigenvalue weighted by Crippen LogP contribution is -2.45. The summed E-state index contributed by atoms with van der Waals surface area (Å²) < 4.78 is 0. The Labute approximate surface area is 351 Å². The lowest BCUT2D eigenvalue weighted by Gasteiger charge is -2.19. The summed E-state index contributed by atoms with van der Waals surface area (Å²) in [5, 5.41) is 23.0. The first-order valence-corrected chi connectivity index (χ1v) is 25.2. The molecule has 3 N–H and O–H groups in total. The number of rotatable bonds is 46. The van der Waals surface area contributed by atoms with Gasteiger partial charge in [0, 0.05) is 6.42 Å². The summed E-state index contributed by atoms with van der Waals surface area (Å²) >= 11 is 0. The molecule has 0 heterocycles. The van der Waals surface area contributed by atoms with Crippen LogP contribution in [0.15, 0.2) is 36.5 Å². The molecule has 4 nitrogen and oxygen atoms in total. The minimum Gasteiger partial charge on any atom is -0.394 e. The molecule has 0 spiro atoms. The molecule has 0 aliphatic heterocycles. The van der Waals surface area contributed by atoms with Crippen LogP contribution in [0.3, 0.4) is 0 Å². The monoisotopic (exact) mass is 786 g/mol. The number of aliphatic hydroxyl groups excluding tert-OH is 2. The first-order valence-electron chi connectivity index (χ1n) is 25.2. The maximum absolute atomic E-state index is 12.4. The molecule has 0 fully saturated rings. The quantitative estimate of drug-likeness (QED) is 0.0425. The lowest BCUT2D eigenvalue weighted by atomic mass is 10.0. The van der Waals surface area contributed by atoms with Gasteiger partial charge in [0.15, 0.2) is 0 Å². The minimum atomic E-state index is -0.860. The summed E-state index contributed by atoms with van der Waals surface area (Å²) in [6, 6.07) is -0.637. The van der Waals surface area contributed by atoms with E-state index in [-0.39, 0.29) is 12.5 Å². The molecule has 4 heteroatoms. The Morgan fingerprint density at radius 3 is 1.04 bits per heavy atom. The largest absolute Gasteiger partial charge is 0.394 e. The van der Waals surface area contributed by atoms with Crippen molar-refractivity contribution in [1.29, 1.82) is 0 Å². The number of nitrogens with one attached hydrogen (secondary N) is 1. The fourth-order valence-corrected chi connectivity index (χ4v) is 7.72. The van der Waals surface area contributed by atoms with E-state index in [0.717, 1.165) is 32.1 Å². The van der Waals surface area contributed by atoms with Gasteiger partial charge in [-0.2, -0.15) is 0 Å². The number of amides is 1. The number of allylic oxidation sites excluding steroid dienone is 5. The fraction of sp³-hybridized carbons (Fsp3) is 0.865. The minimum absolute atomic E-state index is 0.0718. The van der Waals surface area contributed by atoms with Crippen molar-refractivity contribution in [1.82, 2.24) is 5.32 Å². The van der Waals surface area contributed by atoms with Gasteiger partial charge in [0.25, 0.3) is 0 Å². The molecule has 0 bridgehead atoms. The lowest BCUT2D eigenvalue weighted by molar-refractivity contribution is -0.123. The van der Waals surface area contributed by atoms with E-state index in [9.17, 15) is 15.0 Å². The Bertz CT molecular complexity index is 851. The van der Waals surface area contributed by atoms with Crippen molar-refractivity contribution in [2.45, 2.75) is 283 Å². The van der Waals surface area contributed by atoms with Crippen molar-refractivity contribution in [2.75, 3.05) is 6.61 Å². The van der Waals surface area contributed by atoms with E-state index in [1.807, 2.05) is 6.08 Å². The Hall–Kier alpha value is -1.39. The molecule has 0 saturated heterocycles. The fourth-order valence-electron chi connectivity index (χ4n) is 7.72. The molecule has 2 unspecified atom stereocenters. The van der Waals surface area contributed by atoms with E-state index in [1.54, 1.807) is 6.08 Å². The van der Waals surface area contributed by atoms with Crippen molar-refractivity contribution in [3.05, 3.63) is 36.5 Å². The molecule has 56 heavy (non-hydrogen) atoms. The van der Waals surface area contributed by atoms with Crippen LogP contribution < -0.4 is 5.32 Å². The van der Waals surface area contributed by atoms with Gasteiger partial charge in [-0.15, -0.1) is 0 Å². The van der Waals surface area contributed by atoms with Crippen LogP contribution in [0.2, 0.25) is 0 Å². The molecular formula is C52H99NO3. The third-order valence-corrected chi connectivity index (χ3v) is 11.6. The molecular weight excluding hydrogens is 687 g/mol. The van der Waals surface area contributed by atoms with Crippen molar-refractivity contribution >= 4 is 5.91 Å². The SMILES string of the molecule is CCCCCCCCCC/C=C/CC/C=C/C(O)C(CO)NC(=O)CCCCCCCCCCCCCCCC/C=C\CCCCCCCCCCCCCC. The van der Waals surface area contributed by atoms with E-state index in [0.29, 0.717) is 6.42 Å². The summed E-state index contributed by atoms with van der Waals surface area (Å²) in [5.74, 6) is -0.0718. The number of aliphatic hydroxyl groups is 2. The highest BCUT2D eigenvalue weighted by Crippen LogP contribution is 2.16. The van der Waals surface area contributed by atoms with Crippen LogP contribution in [0.25, 0.3) is 0 Å². The van der Waals surface area contributed by atoms with E-state index < -0.39 is 12.1 Å². The summed E-state index contributed by atoms with van der Waals surface area (Å²) in [7, 11) is 0. The highest BCUT2D eigenvalue weighted by Gasteiger charge is 2.17. The Kier molecular flexibility index (Phi) is 46.8. The normalized spacial score (nSPS) is 13.1. The van der Waals surface area contributed by atoms with E-state index in [4.69, 9.17) is 0 Å². The molecule has 0 aliphatic rings. The Balaban J connectivity index is 3.48. The van der Waals surface area contributed by atoms with Crippen LogP contribution in [0.5, 0.6) is 0 Å². The second-order valence-corrected chi connectivity index (χ2v) is 17.2. The Morgan fingerprint density at radius 2 is 0.696 bits per heavy atom. The maximum Gasteiger partial charge on any atom is 0.220 e. The van der Waals surface area contributed by atoms with E-state index >= 15 is 0 Å². The van der Waals surface area contributed by atoms with Crippen LogP contribution in [0, 0.1) is 0 Å². The van der Waals surface area contributed by atoms with Crippen LogP contribution in [-0.2, 0) is 4.79 Å². The number of hydrogen-bond acceptors (Lipinski definition) is 3. The van der Waals surface area contributed by atoms with Gasteiger partial charge in [-0.1, -0.05) is 243 Å². The molecule has 0 saturated carbocycles. The summed E-state index contributed by atoms with van der Waals surface area (Å²) in [6.45, 7) is 4.31. The number of carbonyl (C=O) groups is 1. The van der Waals surface area contributed by atoms with Crippen molar-refractivity contribution in [3.8, 4) is 0 Å². The summed E-state index contributed by atoms with van der Waals surface area (Å²) in [4.78, 5) is 12.4. The summed E-state index contributed by atoms with van der Waals surface area (Å²) in [6.07, 6.45) is 64.3. The maximum atomic E-state index is 12.4. The van der Waals surface area contributed by atoms with E-state index in [2.05, 4.69) is 43.5 Å². The molecule has 0 rings (SSSR count). The van der Waals surface area contributed by atoms with Crippen molar-refractivity contribution < 1.29 is 15.0 Å². The molecule has 0 aromatic rings. The van der Waals surface area contributed by atoms with Gasteiger partial charge in [-0.3, -0.25) is 4.79 Å². The van der Waals surface area contributed by atoms with Crippen molar-refractivity contribution in [2.24, 2.45) is 0 Å². The molecule has 0 aromatic carbocycles. The van der Waals surface area contributed by atoms with Gasteiger partial charge in [0.2, 0.25) is 5.91 Å². The molecule has 1 amide bonds. The average molecular weight is 786 g/mol. The van der Waals surface area contributed by atoms with Crippen LogP contribution in [-0.4, -0.2) is 34.9 Å². The van der Waals surface area contributed by atoms with Gasteiger partial charge in [0.1, 0.15) is 0 Å².